The van der Waals surface area contributed by atoms with E-state index in [4.69, 9.17) is 11.6 Å². The smallest absolute Gasteiger partial charge is 0.334 e. The van der Waals surface area contributed by atoms with E-state index < -0.39 is 23.6 Å². The van der Waals surface area contributed by atoms with Gasteiger partial charge in [0.1, 0.15) is 10.8 Å². The molecule has 0 radical (unpaired) electrons. The van der Waals surface area contributed by atoms with Crippen LogP contribution in [0.15, 0.2) is 30.3 Å². The van der Waals surface area contributed by atoms with Crippen molar-refractivity contribution in [2.45, 2.75) is 44.8 Å². The minimum absolute atomic E-state index is 0.00745. The van der Waals surface area contributed by atoms with Crippen molar-refractivity contribution in [2.24, 2.45) is 0 Å². The maximum Gasteiger partial charge on any atom is 0.433 e. The molecule has 0 spiro atoms. The summed E-state index contributed by atoms with van der Waals surface area (Å²) in [6.45, 7) is 2.46. The Morgan fingerprint density at radius 1 is 1.23 bits per heavy atom. The van der Waals surface area contributed by atoms with E-state index in [9.17, 15) is 22.4 Å². The maximum atomic E-state index is 13.8. The van der Waals surface area contributed by atoms with Crippen LogP contribution in [-0.2, 0) is 6.18 Å². The van der Waals surface area contributed by atoms with Gasteiger partial charge in [-0.05, 0) is 56.0 Å². The molecule has 164 valence electrons. The first-order chi connectivity index (χ1) is 14.7. The molecule has 0 N–H and O–H groups in total. The molecule has 5 nitrogen and oxygen atoms in total. The van der Waals surface area contributed by atoms with Crippen LogP contribution in [0.5, 0.6) is 0 Å². The van der Waals surface area contributed by atoms with Gasteiger partial charge in [0.25, 0.3) is 5.91 Å². The molecule has 0 aliphatic carbocycles. The number of carbonyl (C=O) groups is 1. The number of halogens is 5. The first-order valence-electron chi connectivity index (χ1n) is 9.94. The molecule has 1 aromatic carbocycles. The van der Waals surface area contributed by atoms with Gasteiger partial charge in [0, 0.05) is 18.2 Å². The summed E-state index contributed by atoms with van der Waals surface area (Å²) < 4.78 is 55.2. The van der Waals surface area contributed by atoms with E-state index in [1.165, 1.54) is 12.1 Å². The van der Waals surface area contributed by atoms with Gasteiger partial charge >= 0.3 is 6.18 Å². The van der Waals surface area contributed by atoms with Crippen LogP contribution in [0.4, 0.5) is 17.6 Å². The van der Waals surface area contributed by atoms with Crippen molar-refractivity contribution < 1.29 is 22.4 Å². The van der Waals surface area contributed by atoms with Gasteiger partial charge in [0.2, 0.25) is 0 Å². The molecular weight excluding hydrogens is 436 g/mol. The number of hydrogen-bond donors (Lipinski definition) is 0. The van der Waals surface area contributed by atoms with Gasteiger partial charge in [-0.2, -0.15) is 18.3 Å². The van der Waals surface area contributed by atoms with Gasteiger partial charge in [0.15, 0.2) is 17.0 Å². The lowest BCUT2D eigenvalue weighted by Gasteiger charge is -2.34. The fourth-order valence-corrected chi connectivity index (χ4v) is 4.17. The average Bonchev–Trinajstić information content (AvgIpc) is 3.08. The predicted octanol–water partition coefficient (Wildman–Crippen LogP) is 5.61. The summed E-state index contributed by atoms with van der Waals surface area (Å²) in [5.74, 6) is -1.03. The highest BCUT2D eigenvalue weighted by atomic mass is 35.5. The summed E-state index contributed by atoms with van der Waals surface area (Å²) in [6, 6.07) is 5.71. The van der Waals surface area contributed by atoms with Crippen LogP contribution in [0.25, 0.3) is 16.9 Å². The number of carbonyl (C=O) groups excluding carboxylic acids is 1. The van der Waals surface area contributed by atoms with Crippen molar-refractivity contribution in [1.29, 1.82) is 0 Å². The quantitative estimate of drug-likeness (QED) is 0.483. The number of piperidine rings is 1. The zero-order valence-electron chi connectivity index (χ0n) is 16.6. The van der Waals surface area contributed by atoms with Crippen LogP contribution in [0.1, 0.15) is 48.8 Å². The maximum absolute atomic E-state index is 13.8. The number of nitrogens with zero attached hydrogens (tertiary/aromatic N) is 4. The van der Waals surface area contributed by atoms with Crippen molar-refractivity contribution in [1.82, 2.24) is 19.5 Å². The van der Waals surface area contributed by atoms with Crippen LogP contribution in [0.3, 0.4) is 0 Å². The molecule has 0 unspecified atom stereocenters. The number of amides is 1. The molecular formula is C21H19ClF4N4O. The zero-order valence-corrected chi connectivity index (χ0v) is 17.3. The lowest BCUT2D eigenvalue weighted by atomic mass is 9.99. The molecule has 1 aliphatic rings. The van der Waals surface area contributed by atoms with E-state index in [-0.39, 0.29) is 33.7 Å². The molecule has 1 aliphatic heterocycles. The number of aromatic nitrogens is 3. The fraction of sp³-hybridized carbons (Fsp3) is 0.381. The summed E-state index contributed by atoms with van der Waals surface area (Å²) >= 11 is 6.35. The van der Waals surface area contributed by atoms with Crippen molar-refractivity contribution in [3.8, 4) is 11.3 Å². The molecule has 31 heavy (non-hydrogen) atoms. The van der Waals surface area contributed by atoms with Crippen LogP contribution in [-0.4, -0.2) is 38.0 Å². The third-order valence-electron chi connectivity index (χ3n) is 5.53. The summed E-state index contributed by atoms with van der Waals surface area (Å²) in [7, 11) is 0. The molecule has 4 rings (SSSR count). The third kappa shape index (κ3) is 3.98. The molecule has 0 bridgehead atoms. The monoisotopic (exact) mass is 454 g/mol. The van der Waals surface area contributed by atoms with E-state index in [0.29, 0.717) is 11.1 Å². The van der Waals surface area contributed by atoms with E-state index in [2.05, 4.69) is 10.1 Å². The van der Waals surface area contributed by atoms with Crippen molar-refractivity contribution in [3.05, 3.63) is 52.6 Å². The Balaban J connectivity index is 1.87. The number of fused-ring (bicyclic) bond motifs is 1. The third-order valence-corrected chi connectivity index (χ3v) is 5.87. The lowest BCUT2D eigenvalue weighted by Crippen LogP contribution is -2.43. The fourth-order valence-electron chi connectivity index (χ4n) is 3.93. The standard InChI is InChI=1S/C21H19ClF4N4O/c1-2-14-5-3-4-10-29(14)20(31)18-17(22)19-27-15(12-6-8-13(23)9-7-12)11-16(21(24,25)26)30(19)28-18/h6-9,11,14H,2-5,10H2,1H3/t14-/m1/s1. The highest BCUT2D eigenvalue weighted by Gasteiger charge is 2.38. The lowest BCUT2D eigenvalue weighted by molar-refractivity contribution is -0.142. The molecule has 1 amide bonds. The van der Waals surface area contributed by atoms with Gasteiger partial charge < -0.3 is 4.90 Å². The van der Waals surface area contributed by atoms with Crippen molar-refractivity contribution >= 4 is 23.2 Å². The minimum Gasteiger partial charge on any atom is -0.334 e. The molecule has 3 aromatic rings. The first kappa shape index (κ1) is 21.5. The van der Waals surface area contributed by atoms with Gasteiger partial charge in [-0.15, -0.1) is 0 Å². The van der Waals surface area contributed by atoms with E-state index >= 15 is 0 Å². The second-order valence-corrected chi connectivity index (χ2v) is 7.86. The average molecular weight is 455 g/mol. The predicted molar refractivity (Wildman–Crippen MR) is 107 cm³/mol. The second-order valence-electron chi connectivity index (χ2n) is 7.49. The van der Waals surface area contributed by atoms with E-state index in [1.54, 1.807) is 4.90 Å². The molecule has 1 saturated heterocycles. The highest BCUT2D eigenvalue weighted by Crippen LogP contribution is 2.35. The van der Waals surface area contributed by atoms with Crippen LogP contribution >= 0.6 is 11.6 Å². The summed E-state index contributed by atoms with van der Waals surface area (Å²) in [4.78, 5) is 19.0. The number of likely N-dealkylation sites (tertiary alicyclic amines) is 1. The first-order valence-corrected chi connectivity index (χ1v) is 10.3. The largest absolute Gasteiger partial charge is 0.433 e. The van der Waals surface area contributed by atoms with Gasteiger partial charge in [-0.25, -0.2) is 13.9 Å². The normalized spacial score (nSPS) is 17.4. The Hall–Kier alpha value is -2.68. The van der Waals surface area contributed by atoms with Crippen molar-refractivity contribution in [2.75, 3.05) is 6.54 Å². The van der Waals surface area contributed by atoms with Crippen molar-refractivity contribution in [3.63, 3.8) is 0 Å². The molecule has 1 fully saturated rings. The van der Waals surface area contributed by atoms with E-state index in [1.807, 2.05) is 6.92 Å². The van der Waals surface area contributed by atoms with Gasteiger partial charge in [-0.1, -0.05) is 18.5 Å². The number of hydrogen-bond acceptors (Lipinski definition) is 3. The molecule has 2 aromatic heterocycles. The summed E-state index contributed by atoms with van der Waals surface area (Å²) in [6.07, 6.45) is -1.41. The molecule has 1 atom stereocenters. The van der Waals surface area contributed by atoms with Crippen LogP contribution in [0.2, 0.25) is 5.02 Å². The molecule has 3 heterocycles. The zero-order chi connectivity index (χ0) is 22.3. The van der Waals surface area contributed by atoms with Gasteiger partial charge in [-0.3, -0.25) is 4.79 Å². The highest BCUT2D eigenvalue weighted by molar-refractivity contribution is 6.36. The number of benzene rings is 1. The molecule has 0 saturated carbocycles. The summed E-state index contributed by atoms with van der Waals surface area (Å²) in [5, 5.41) is 3.69. The Morgan fingerprint density at radius 3 is 2.58 bits per heavy atom. The van der Waals surface area contributed by atoms with Crippen LogP contribution in [0, 0.1) is 5.82 Å². The number of alkyl halides is 3. The minimum atomic E-state index is -4.78. The summed E-state index contributed by atoms with van der Waals surface area (Å²) in [5.41, 5.74) is -1.42. The SMILES string of the molecule is CC[C@@H]1CCCCN1C(=O)c1nn2c(C(F)(F)F)cc(-c3ccc(F)cc3)nc2c1Cl. The van der Waals surface area contributed by atoms with Gasteiger partial charge in [0.05, 0.1) is 5.69 Å². The van der Waals surface area contributed by atoms with Crippen LogP contribution < -0.4 is 0 Å². The Kier molecular flexibility index (Phi) is 5.63. The van der Waals surface area contributed by atoms with E-state index in [0.717, 1.165) is 43.9 Å². The Labute approximate surface area is 180 Å². The Bertz CT molecular complexity index is 1130. The molecule has 10 heteroatoms. The Morgan fingerprint density at radius 2 is 1.94 bits per heavy atom. The number of rotatable bonds is 3. The second kappa shape index (κ2) is 8.11. The topological polar surface area (TPSA) is 50.5 Å².